The largest absolute Gasteiger partial charge is 0.355 e. The molecule has 1 saturated carbocycles. The number of thioether (sulfide) groups is 1. The lowest BCUT2D eigenvalue weighted by Gasteiger charge is -2.11. The highest BCUT2D eigenvalue weighted by Gasteiger charge is 2.42. The average Bonchev–Trinajstić information content (AvgIpc) is 2.98. The Morgan fingerprint density at radius 1 is 1.60 bits per heavy atom. The van der Waals surface area contributed by atoms with Gasteiger partial charge in [-0.2, -0.15) is 24.4 Å². The van der Waals surface area contributed by atoms with Crippen molar-refractivity contribution in [2.24, 2.45) is 5.41 Å². The third-order valence-electron chi connectivity index (χ3n) is 2.63. The summed E-state index contributed by atoms with van der Waals surface area (Å²) in [5.41, 5.74) is 0.238. The minimum absolute atomic E-state index is 0.181. The number of rotatable bonds is 8. The third kappa shape index (κ3) is 4.98. The molecule has 0 aromatic rings. The molecule has 0 unspecified atom stereocenters. The molecule has 1 amide bonds. The van der Waals surface area contributed by atoms with Gasteiger partial charge in [-0.25, -0.2) is 0 Å². The predicted octanol–water partition coefficient (Wildman–Crippen LogP) is 2.12. The van der Waals surface area contributed by atoms with Crippen LogP contribution in [0, 0.1) is 5.41 Å². The molecule has 1 N–H and O–H groups in total. The van der Waals surface area contributed by atoms with Gasteiger partial charge in [-0.05, 0) is 24.0 Å². The highest BCUT2D eigenvalue weighted by Crippen LogP contribution is 2.49. The first-order chi connectivity index (χ1) is 7.22. The maximum Gasteiger partial charge on any atom is 0.220 e. The van der Waals surface area contributed by atoms with E-state index in [0.717, 1.165) is 36.6 Å². The minimum atomic E-state index is 0.181. The summed E-state index contributed by atoms with van der Waals surface area (Å²) in [7, 11) is 0. The SMILES string of the molecule is C=CCSCCNC(=O)CC1(CS)CC1. The van der Waals surface area contributed by atoms with Crippen LogP contribution in [0.1, 0.15) is 19.3 Å². The zero-order chi connectivity index (χ0) is 11.1. The van der Waals surface area contributed by atoms with E-state index in [1.807, 2.05) is 6.08 Å². The Bertz CT molecular complexity index is 227. The van der Waals surface area contributed by atoms with E-state index >= 15 is 0 Å². The van der Waals surface area contributed by atoms with Crippen LogP contribution >= 0.6 is 24.4 Å². The van der Waals surface area contributed by atoms with E-state index in [2.05, 4.69) is 24.5 Å². The molecule has 1 aliphatic carbocycles. The van der Waals surface area contributed by atoms with Gasteiger partial charge in [0.25, 0.3) is 0 Å². The summed E-state index contributed by atoms with van der Waals surface area (Å²) >= 11 is 6.07. The van der Waals surface area contributed by atoms with Crippen LogP contribution in [0.5, 0.6) is 0 Å². The summed E-state index contributed by atoms with van der Waals surface area (Å²) in [5.74, 6) is 2.94. The van der Waals surface area contributed by atoms with Crippen LogP contribution in [0.4, 0.5) is 0 Å². The van der Waals surface area contributed by atoms with Gasteiger partial charge in [0.15, 0.2) is 0 Å². The van der Waals surface area contributed by atoms with Gasteiger partial charge in [0.2, 0.25) is 5.91 Å². The zero-order valence-electron chi connectivity index (χ0n) is 9.00. The molecule has 2 nitrogen and oxygen atoms in total. The average molecular weight is 245 g/mol. The fourth-order valence-corrected chi connectivity index (χ4v) is 2.41. The normalized spacial score (nSPS) is 17.1. The second-order valence-electron chi connectivity index (χ2n) is 4.05. The summed E-state index contributed by atoms with van der Waals surface area (Å²) in [6.45, 7) is 4.41. The van der Waals surface area contributed by atoms with Crippen molar-refractivity contribution in [2.75, 3.05) is 23.8 Å². The van der Waals surface area contributed by atoms with Gasteiger partial charge in [0.05, 0.1) is 0 Å². The number of carbonyl (C=O) groups excluding carboxylic acids is 1. The Labute approximate surface area is 102 Å². The van der Waals surface area contributed by atoms with Crippen molar-refractivity contribution in [3.63, 3.8) is 0 Å². The van der Waals surface area contributed by atoms with E-state index in [1.165, 1.54) is 0 Å². The highest BCUT2D eigenvalue weighted by atomic mass is 32.2. The van der Waals surface area contributed by atoms with E-state index in [0.29, 0.717) is 6.42 Å². The minimum Gasteiger partial charge on any atom is -0.355 e. The van der Waals surface area contributed by atoms with Crippen LogP contribution in [0.3, 0.4) is 0 Å². The van der Waals surface area contributed by atoms with Crippen molar-refractivity contribution in [2.45, 2.75) is 19.3 Å². The van der Waals surface area contributed by atoms with Gasteiger partial charge in [-0.15, -0.1) is 6.58 Å². The fraction of sp³-hybridized carbons (Fsp3) is 0.727. The number of hydrogen-bond acceptors (Lipinski definition) is 3. The van der Waals surface area contributed by atoms with Crippen molar-refractivity contribution in [3.05, 3.63) is 12.7 Å². The molecule has 15 heavy (non-hydrogen) atoms. The summed E-state index contributed by atoms with van der Waals surface area (Å²) in [4.78, 5) is 11.5. The number of thiol groups is 1. The monoisotopic (exact) mass is 245 g/mol. The molecule has 1 aliphatic rings. The van der Waals surface area contributed by atoms with E-state index in [1.54, 1.807) is 11.8 Å². The molecule has 0 aliphatic heterocycles. The van der Waals surface area contributed by atoms with Crippen molar-refractivity contribution in [1.82, 2.24) is 5.32 Å². The smallest absolute Gasteiger partial charge is 0.220 e. The molecule has 0 heterocycles. The molecule has 1 rings (SSSR count). The van der Waals surface area contributed by atoms with Crippen LogP contribution in [0.2, 0.25) is 0 Å². The van der Waals surface area contributed by atoms with Crippen molar-refractivity contribution >= 4 is 30.3 Å². The number of hydrogen-bond donors (Lipinski definition) is 2. The Morgan fingerprint density at radius 2 is 2.33 bits per heavy atom. The molecule has 0 aromatic carbocycles. The molecule has 0 spiro atoms. The van der Waals surface area contributed by atoms with Gasteiger partial charge in [-0.1, -0.05) is 6.08 Å². The van der Waals surface area contributed by atoms with E-state index in [4.69, 9.17) is 0 Å². The molecular formula is C11H19NOS2. The summed E-state index contributed by atoms with van der Waals surface area (Å²) in [5, 5.41) is 2.94. The first-order valence-corrected chi connectivity index (χ1v) is 7.07. The standard InChI is InChI=1S/C11H19NOS2/c1-2-6-15-7-5-12-10(13)8-11(9-14)3-4-11/h2,14H,1,3-9H2,(H,12,13). The lowest BCUT2D eigenvalue weighted by Crippen LogP contribution is -2.28. The van der Waals surface area contributed by atoms with Crippen LogP contribution in [0.25, 0.3) is 0 Å². The van der Waals surface area contributed by atoms with Crippen LogP contribution in [-0.4, -0.2) is 29.7 Å². The topological polar surface area (TPSA) is 29.1 Å². The van der Waals surface area contributed by atoms with Gasteiger partial charge < -0.3 is 5.32 Å². The highest BCUT2D eigenvalue weighted by molar-refractivity contribution is 7.99. The fourth-order valence-electron chi connectivity index (χ4n) is 1.40. The van der Waals surface area contributed by atoms with Crippen molar-refractivity contribution in [1.29, 1.82) is 0 Å². The molecule has 86 valence electrons. The van der Waals surface area contributed by atoms with Crippen LogP contribution in [0.15, 0.2) is 12.7 Å². The second-order valence-corrected chi connectivity index (χ2v) is 5.51. The second kappa shape index (κ2) is 6.48. The Morgan fingerprint density at radius 3 is 2.87 bits per heavy atom. The van der Waals surface area contributed by atoms with E-state index in [-0.39, 0.29) is 11.3 Å². The molecule has 0 bridgehead atoms. The third-order valence-corrected chi connectivity index (χ3v) is 4.27. The van der Waals surface area contributed by atoms with Crippen LogP contribution < -0.4 is 5.32 Å². The Kier molecular flexibility index (Phi) is 5.61. The molecule has 1 fully saturated rings. The first kappa shape index (κ1) is 13.0. The van der Waals surface area contributed by atoms with Gasteiger partial charge in [0.1, 0.15) is 0 Å². The summed E-state index contributed by atoms with van der Waals surface area (Å²) in [6, 6.07) is 0. The quantitative estimate of drug-likeness (QED) is 0.390. The molecule has 4 heteroatoms. The van der Waals surface area contributed by atoms with Crippen LogP contribution in [-0.2, 0) is 4.79 Å². The zero-order valence-corrected chi connectivity index (χ0v) is 10.7. The van der Waals surface area contributed by atoms with Crippen molar-refractivity contribution < 1.29 is 4.79 Å². The van der Waals surface area contributed by atoms with E-state index in [9.17, 15) is 4.79 Å². The van der Waals surface area contributed by atoms with Gasteiger partial charge in [-0.3, -0.25) is 4.79 Å². The summed E-state index contributed by atoms with van der Waals surface area (Å²) < 4.78 is 0. The predicted molar refractivity (Wildman–Crippen MR) is 70.7 cm³/mol. The number of nitrogens with one attached hydrogen (secondary N) is 1. The first-order valence-electron chi connectivity index (χ1n) is 5.29. The van der Waals surface area contributed by atoms with Gasteiger partial charge in [0, 0.05) is 24.5 Å². The Balaban J connectivity index is 2.01. The lowest BCUT2D eigenvalue weighted by molar-refractivity contribution is -0.121. The van der Waals surface area contributed by atoms with Gasteiger partial charge >= 0.3 is 0 Å². The molecule has 0 atom stereocenters. The van der Waals surface area contributed by atoms with Crippen molar-refractivity contribution in [3.8, 4) is 0 Å². The summed E-state index contributed by atoms with van der Waals surface area (Å²) in [6.07, 6.45) is 4.86. The maximum atomic E-state index is 11.5. The number of amides is 1. The molecule has 0 saturated heterocycles. The number of carbonyl (C=O) groups is 1. The lowest BCUT2D eigenvalue weighted by atomic mass is 10.1. The molecule has 0 radical (unpaired) electrons. The molecule has 0 aromatic heterocycles. The maximum absolute atomic E-state index is 11.5. The molecular weight excluding hydrogens is 226 g/mol. The van der Waals surface area contributed by atoms with E-state index < -0.39 is 0 Å². The Hall–Kier alpha value is -0.0900.